The molecule has 5 aromatic rings. The number of halogens is 2. The lowest BCUT2D eigenvalue weighted by molar-refractivity contribution is 0.0722. The van der Waals surface area contributed by atoms with E-state index in [1.807, 2.05) is 36.4 Å². The highest BCUT2D eigenvalue weighted by molar-refractivity contribution is 7.98. The summed E-state index contributed by atoms with van der Waals surface area (Å²) < 4.78 is 30.0. The summed E-state index contributed by atoms with van der Waals surface area (Å²) in [6.07, 6.45) is 0. The summed E-state index contributed by atoms with van der Waals surface area (Å²) in [5, 5.41) is 0.915. The van der Waals surface area contributed by atoms with Gasteiger partial charge in [0.05, 0.1) is 33.4 Å². The van der Waals surface area contributed by atoms with E-state index < -0.39 is 6.55 Å². The Morgan fingerprint density at radius 3 is 2.29 bits per heavy atom. The fraction of sp³-hybridized carbons (Fsp3) is 0.0870. The van der Waals surface area contributed by atoms with E-state index in [9.17, 15) is 13.6 Å². The molecule has 0 aliphatic heterocycles. The van der Waals surface area contributed by atoms with Gasteiger partial charge < -0.3 is 0 Å². The monoisotopic (exact) mass is 434 g/mol. The van der Waals surface area contributed by atoms with Gasteiger partial charge in [-0.3, -0.25) is 13.9 Å². The van der Waals surface area contributed by atoms with Gasteiger partial charge in [0.25, 0.3) is 5.56 Å². The van der Waals surface area contributed by atoms with Crippen LogP contribution in [0.2, 0.25) is 0 Å². The topological polar surface area (TPSA) is 52.7 Å². The van der Waals surface area contributed by atoms with Crippen LogP contribution in [0.15, 0.2) is 88.8 Å². The first-order valence-corrected chi connectivity index (χ1v) is 10.6. The Kier molecular flexibility index (Phi) is 4.99. The third-order valence-corrected chi connectivity index (χ3v) is 5.89. The maximum Gasteiger partial charge on any atom is 0.320 e. The molecule has 3 aromatic carbocycles. The molecule has 0 fully saturated rings. The van der Waals surface area contributed by atoms with Crippen molar-refractivity contribution in [3.8, 4) is 5.69 Å². The van der Waals surface area contributed by atoms with Gasteiger partial charge in [-0.1, -0.05) is 54.2 Å². The molecule has 0 amide bonds. The number of thioether (sulfide) groups is 1. The van der Waals surface area contributed by atoms with Crippen LogP contribution in [0.3, 0.4) is 0 Å². The molecule has 5 nitrogen and oxygen atoms in total. The second kappa shape index (κ2) is 7.96. The Bertz CT molecular complexity index is 1450. The van der Waals surface area contributed by atoms with Crippen molar-refractivity contribution in [3.63, 3.8) is 0 Å². The molecule has 0 unspecified atom stereocenters. The molecule has 0 radical (unpaired) electrons. The number of para-hydroxylation sites is 4. The predicted octanol–water partition coefficient (Wildman–Crippen LogP) is 5.42. The van der Waals surface area contributed by atoms with Gasteiger partial charge >= 0.3 is 6.55 Å². The van der Waals surface area contributed by atoms with Gasteiger partial charge in [-0.05, 0) is 36.4 Å². The average Bonchev–Trinajstić information content (AvgIpc) is 3.17. The minimum absolute atomic E-state index is 0.136. The molecule has 2 heterocycles. The number of aromatic nitrogens is 4. The van der Waals surface area contributed by atoms with Gasteiger partial charge in [-0.25, -0.2) is 9.97 Å². The third-order valence-electron chi connectivity index (χ3n) is 4.95. The minimum atomic E-state index is -2.72. The van der Waals surface area contributed by atoms with Crippen LogP contribution < -0.4 is 5.56 Å². The highest BCUT2D eigenvalue weighted by atomic mass is 32.2. The van der Waals surface area contributed by atoms with Crippen molar-refractivity contribution < 1.29 is 8.78 Å². The van der Waals surface area contributed by atoms with E-state index in [-0.39, 0.29) is 17.1 Å². The molecule has 0 saturated heterocycles. The van der Waals surface area contributed by atoms with Crippen LogP contribution in [0.5, 0.6) is 0 Å². The van der Waals surface area contributed by atoms with E-state index in [0.717, 1.165) is 4.57 Å². The fourth-order valence-electron chi connectivity index (χ4n) is 3.56. The molecule has 0 spiro atoms. The second-order valence-corrected chi connectivity index (χ2v) is 7.78. The Balaban J connectivity index is 1.62. The summed E-state index contributed by atoms with van der Waals surface area (Å²) in [5.74, 6) is 0.361. The molecular weight excluding hydrogens is 418 g/mol. The second-order valence-electron chi connectivity index (χ2n) is 6.84. The molecule has 31 heavy (non-hydrogen) atoms. The zero-order valence-electron chi connectivity index (χ0n) is 16.2. The van der Waals surface area contributed by atoms with Crippen molar-refractivity contribution >= 4 is 33.7 Å². The minimum Gasteiger partial charge on any atom is -0.269 e. The molecule has 0 aliphatic carbocycles. The number of hydrogen-bond donors (Lipinski definition) is 0. The van der Waals surface area contributed by atoms with E-state index in [1.165, 1.54) is 16.3 Å². The smallest absolute Gasteiger partial charge is 0.269 e. The van der Waals surface area contributed by atoms with Gasteiger partial charge in [0.1, 0.15) is 5.82 Å². The quantitative estimate of drug-likeness (QED) is 0.274. The van der Waals surface area contributed by atoms with Crippen molar-refractivity contribution in [1.29, 1.82) is 0 Å². The number of benzene rings is 3. The predicted molar refractivity (Wildman–Crippen MR) is 118 cm³/mol. The SMILES string of the molecule is O=c1c2ccccc2nc(SCc2nc3ccccc3n2C(F)F)n1-c1ccccc1. The lowest BCUT2D eigenvalue weighted by Gasteiger charge is -2.13. The van der Waals surface area contributed by atoms with Gasteiger partial charge in [0.15, 0.2) is 5.16 Å². The maximum absolute atomic E-state index is 13.8. The number of hydrogen-bond acceptors (Lipinski definition) is 4. The lowest BCUT2D eigenvalue weighted by Crippen LogP contribution is -2.21. The van der Waals surface area contributed by atoms with Gasteiger partial charge in [0.2, 0.25) is 0 Å². The van der Waals surface area contributed by atoms with E-state index in [4.69, 9.17) is 0 Å². The highest BCUT2D eigenvalue weighted by Crippen LogP contribution is 2.29. The van der Waals surface area contributed by atoms with E-state index in [0.29, 0.717) is 32.8 Å². The number of rotatable bonds is 5. The first-order chi connectivity index (χ1) is 15.1. The number of nitrogens with zero attached hydrogens (tertiary/aromatic N) is 4. The first-order valence-electron chi connectivity index (χ1n) is 9.57. The summed E-state index contributed by atoms with van der Waals surface area (Å²) in [4.78, 5) is 22.3. The van der Waals surface area contributed by atoms with Crippen molar-refractivity contribution in [1.82, 2.24) is 19.1 Å². The van der Waals surface area contributed by atoms with Gasteiger partial charge in [0, 0.05) is 0 Å². The van der Waals surface area contributed by atoms with Crippen LogP contribution in [-0.2, 0) is 5.75 Å². The van der Waals surface area contributed by atoms with Crippen molar-refractivity contribution in [2.24, 2.45) is 0 Å². The normalized spacial score (nSPS) is 11.6. The number of alkyl halides is 2. The Morgan fingerprint density at radius 1 is 0.839 bits per heavy atom. The summed E-state index contributed by atoms with van der Waals surface area (Å²) in [6.45, 7) is -2.72. The third kappa shape index (κ3) is 3.48. The molecule has 0 N–H and O–H groups in total. The zero-order chi connectivity index (χ0) is 21.4. The van der Waals surface area contributed by atoms with Crippen molar-refractivity contribution in [3.05, 3.63) is 95.0 Å². The molecule has 0 bridgehead atoms. The first kappa shape index (κ1) is 19.4. The molecule has 154 valence electrons. The Hall–Kier alpha value is -3.52. The lowest BCUT2D eigenvalue weighted by atomic mass is 10.2. The summed E-state index contributed by atoms with van der Waals surface area (Å²) >= 11 is 1.21. The van der Waals surface area contributed by atoms with Crippen LogP contribution in [-0.4, -0.2) is 19.1 Å². The maximum atomic E-state index is 13.8. The molecule has 5 rings (SSSR count). The van der Waals surface area contributed by atoms with E-state index in [2.05, 4.69) is 9.97 Å². The van der Waals surface area contributed by atoms with Crippen molar-refractivity contribution in [2.45, 2.75) is 17.5 Å². The van der Waals surface area contributed by atoms with Crippen LogP contribution in [0.25, 0.3) is 27.6 Å². The summed E-state index contributed by atoms with van der Waals surface area (Å²) in [6, 6.07) is 23.1. The number of fused-ring (bicyclic) bond motifs is 2. The van der Waals surface area contributed by atoms with Crippen molar-refractivity contribution in [2.75, 3.05) is 0 Å². The van der Waals surface area contributed by atoms with Crippen LogP contribution >= 0.6 is 11.8 Å². The largest absolute Gasteiger partial charge is 0.320 e. The van der Waals surface area contributed by atoms with Gasteiger partial charge in [-0.15, -0.1) is 0 Å². The fourth-order valence-corrected chi connectivity index (χ4v) is 4.50. The van der Waals surface area contributed by atoms with Crippen LogP contribution in [0.1, 0.15) is 12.4 Å². The Morgan fingerprint density at radius 2 is 1.52 bits per heavy atom. The summed E-state index contributed by atoms with van der Waals surface area (Å²) in [7, 11) is 0. The number of imidazole rings is 1. The molecule has 0 saturated carbocycles. The Labute approximate surface area is 180 Å². The zero-order valence-corrected chi connectivity index (χ0v) is 17.0. The average molecular weight is 434 g/mol. The molecule has 0 aliphatic rings. The molecular formula is C23H16F2N4OS. The van der Waals surface area contributed by atoms with Crippen LogP contribution in [0, 0.1) is 0 Å². The molecule has 0 atom stereocenters. The van der Waals surface area contributed by atoms with Gasteiger partial charge in [-0.2, -0.15) is 8.78 Å². The molecule has 8 heteroatoms. The van der Waals surface area contributed by atoms with E-state index in [1.54, 1.807) is 42.5 Å². The van der Waals surface area contributed by atoms with Crippen LogP contribution in [0.4, 0.5) is 8.78 Å². The standard InChI is InChI=1S/C23H16F2N4OS/c24-22(25)29-19-13-7-6-12-18(19)26-20(29)14-31-23-27-17-11-5-4-10-16(17)21(30)28(23)15-8-2-1-3-9-15/h1-13,22H,14H2. The highest BCUT2D eigenvalue weighted by Gasteiger charge is 2.19. The van der Waals surface area contributed by atoms with E-state index >= 15 is 0 Å². The summed E-state index contributed by atoms with van der Waals surface area (Å²) in [5.41, 5.74) is 1.90. The molecule has 2 aromatic heterocycles.